The van der Waals surface area contributed by atoms with Crippen LogP contribution in [0.4, 0.5) is 0 Å². The SMILES string of the molecule is Cc1c(C(C)C)c(=O)n(-c2ccc(S(=O)(=O)N3CCO[C@H](COc4ccccc4)C3)cc2)n1C. The van der Waals surface area contributed by atoms with Gasteiger partial charge in [-0.2, -0.15) is 4.31 Å². The fourth-order valence-electron chi connectivity index (χ4n) is 4.31. The third-order valence-electron chi connectivity index (χ3n) is 6.18. The minimum absolute atomic E-state index is 0.0833. The van der Waals surface area contributed by atoms with Gasteiger partial charge >= 0.3 is 0 Å². The standard InChI is InChI=1S/C25H31N3O5S/c1-18(2)24-19(3)26(4)28(25(24)29)20-10-12-23(13-11-20)34(30,31)27-14-15-32-22(16-27)17-33-21-8-6-5-7-9-21/h5-13,18,22H,14-17H2,1-4H3/t22-/m0/s1. The molecule has 1 aliphatic heterocycles. The molecule has 34 heavy (non-hydrogen) atoms. The normalized spacial score (nSPS) is 17.3. The second kappa shape index (κ2) is 9.77. The Kier molecular flexibility index (Phi) is 6.97. The van der Waals surface area contributed by atoms with E-state index in [0.29, 0.717) is 18.0 Å². The van der Waals surface area contributed by atoms with Crippen LogP contribution in [-0.4, -0.2) is 54.5 Å². The molecule has 1 aliphatic rings. The lowest BCUT2D eigenvalue weighted by atomic mass is 10.0. The van der Waals surface area contributed by atoms with Gasteiger partial charge in [0.2, 0.25) is 10.0 Å². The minimum atomic E-state index is -3.71. The molecule has 8 nitrogen and oxygen atoms in total. The molecule has 1 aromatic heterocycles. The van der Waals surface area contributed by atoms with Crippen molar-refractivity contribution in [3.8, 4) is 11.4 Å². The number of para-hydroxylation sites is 1. The summed E-state index contributed by atoms with van der Waals surface area (Å²) in [5.74, 6) is 0.813. The summed E-state index contributed by atoms with van der Waals surface area (Å²) < 4.78 is 42.9. The van der Waals surface area contributed by atoms with Crippen LogP contribution in [0.15, 0.2) is 64.3 Å². The Morgan fingerprint density at radius 3 is 2.38 bits per heavy atom. The van der Waals surface area contributed by atoms with E-state index in [1.54, 1.807) is 33.6 Å². The average Bonchev–Trinajstić information content (AvgIpc) is 3.06. The Balaban J connectivity index is 1.51. The van der Waals surface area contributed by atoms with Crippen molar-refractivity contribution in [2.45, 2.75) is 37.7 Å². The molecule has 182 valence electrons. The Morgan fingerprint density at radius 2 is 1.76 bits per heavy atom. The Labute approximate surface area is 200 Å². The van der Waals surface area contributed by atoms with Crippen molar-refractivity contribution < 1.29 is 17.9 Å². The lowest BCUT2D eigenvalue weighted by Crippen LogP contribution is -2.47. The number of hydrogen-bond acceptors (Lipinski definition) is 5. The molecule has 2 heterocycles. The highest BCUT2D eigenvalue weighted by molar-refractivity contribution is 7.89. The number of rotatable bonds is 7. The number of sulfonamides is 1. The molecule has 1 saturated heterocycles. The molecular formula is C25H31N3O5S. The summed E-state index contributed by atoms with van der Waals surface area (Å²) >= 11 is 0. The number of aromatic nitrogens is 2. The van der Waals surface area contributed by atoms with Crippen molar-refractivity contribution in [3.63, 3.8) is 0 Å². The van der Waals surface area contributed by atoms with Crippen LogP contribution in [-0.2, 0) is 21.8 Å². The van der Waals surface area contributed by atoms with E-state index >= 15 is 0 Å². The molecule has 4 rings (SSSR count). The fourth-order valence-corrected chi connectivity index (χ4v) is 5.77. The maximum absolute atomic E-state index is 13.3. The minimum Gasteiger partial charge on any atom is -0.491 e. The van der Waals surface area contributed by atoms with Crippen LogP contribution in [0.2, 0.25) is 0 Å². The molecule has 0 saturated carbocycles. The van der Waals surface area contributed by atoms with Gasteiger partial charge in [-0.05, 0) is 49.2 Å². The van der Waals surface area contributed by atoms with E-state index in [4.69, 9.17) is 9.47 Å². The molecule has 0 N–H and O–H groups in total. The molecule has 0 radical (unpaired) electrons. The quantitative estimate of drug-likeness (QED) is 0.514. The molecule has 9 heteroatoms. The molecule has 1 atom stereocenters. The zero-order valence-corrected chi connectivity index (χ0v) is 20.8. The highest BCUT2D eigenvalue weighted by Gasteiger charge is 2.31. The van der Waals surface area contributed by atoms with Crippen LogP contribution in [0, 0.1) is 6.92 Å². The molecule has 1 fully saturated rings. The van der Waals surface area contributed by atoms with Crippen molar-refractivity contribution in [2.75, 3.05) is 26.3 Å². The van der Waals surface area contributed by atoms with Gasteiger partial charge in [0.05, 0.1) is 17.2 Å². The van der Waals surface area contributed by atoms with Gasteiger partial charge in [-0.1, -0.05) is 32.0 Å². The monoisotopic (exact) mass is 485 g/mol. The molecule has 0 amide bonds. The van der Waals surface area contributed by atoms with E-state index in [9.17, 15) is 13.2 Å². The summed E-state index contributed by atoms with van der Waals surface area (Å²) in [5.41, 5.74) is 2.20. The number of ether oxygens (including phenoxy) is 2. The van der Waals surface area contributed by atoms with Gasteiger partial charge in [0.15, 0.2) is 0 Å². The van der Waals surface area contributed by atoms with E-state index in [1.807, 2.05) is 58.2 Å². The van der Waals surface area contributed by atoms with Crippen molar-refractivity contribution >= 4 is 10.0 Å². The molecule has 0 bridgehead atoms. The Bertz CT molecular complexity index is 1290. The molecule has 0 aliphatic carbocycles. The van der Waals surface area contributed by atoms with E-state index < -0.39 is 10.0 Å². The van der Waals surface area contributed by atoms with E-state index in [-0.39, 0.29) is 42.2 Å². The zero-order chi connectivity index (χ0) is 24.5. The number of benzene rings is 2. The summed E-state index contributed by atoms with van der Waals surface area (Å²) in [6.45, 7) is 6.96. The van der Waals surface area contributed by atoms with E-state index in [2.05, 4.69) is 0 Å². The lowest BCUT2D eigenvalue weighted by Gasteiger charge is -2.32. The predicted molar refractivity (Wildman–Crippen MR) is 130 cm³/mol. The third kappa shape index (κ3) is 4.68. The number of hydrogen-bond donors (Lipinski definition) is 0. The van der Waals surface area contributed by atoms with Crippen LogP contribution in [0.5, 0.6) is 5.75 Å². The predicted octanol–water partition coefficient (Wildman–Crippen LogP) is 3.08. The van der Waals surface area contributed by atoms with E-state index in [0.717, 1.165) is 11.3 Å². The Hall–Kier alpha value is -2.88. The maximum Gasteiger partial charge on any atom is 0.275 e. The first-order valence-corrected chi connectivity index (χ1v) is 12.8. The van der Waals surface area contributed by atoms with Crippen molar-refractivity contribution in [1.82, 2.24) is 13.7 Å². The van der Waals surface area contributed by atoms with Crippen molar-refractivity contribution in [1.29, 1.82) is 0 Å². The van der Waals surface area contributed by atoms with Crippen LogP contribution < -0.4 is 10.3 Å². The van der Waals surface area contributed by atoms with Gasteiger partial charge in [-0.25, -0.2) is 13.1 Å². The van der Waals surface area contributed by atoms with Crippen LogP contribution in [0.3, 0.4) is 0 Å². The largest absolute Gasteiger partial charge is 0.491 e. The Morgan fingerprint density at radius 1 is 1.09 bits per heavy atom. The van der Waals surface area contributed by atoms with Gasteiger partial charge < -0.3 is 9.47 Å². The smallest absolute Gasteiger partial charge is 0.275 e. The van der Waals surface area contributed by atoms with Crippen molar-refractivity contribution in [2.24, 2.45) is 7.05 Å². The van der Waals surface area contributed by atoms with E-state index in [1.165, 1.54) is 4.31 Å². The summed E-state index contributed by atoms with van der Waals surface area (Å²) in [7, 11) is -1.88. The molecule has 2 aromatic carbocycles. The second-order valence-corrected chi connectivity index (χ2v) is 10.7. The number of nitrogens with zero attached hydrogens (tertiary/aromatic N) is 3. The molecular weight excluding hydrogens is 454 g/mol. The third-order valence-corrected chi connectivity index (χ3v) is 8.05. The molecule has 0 unspecified atom stereocenters. The summed E-state index contributed by atoms with van der Waals surface area (Å²) in [4.78, 5) is 13.2. The summed E-state index contributed by atoms with van der Waals surface area (Å²) in [6.07, 6.45) is -0.359. The van der Waals surface area contributed by atoms with Crippen molar-refractivity contribution in [3.05, 3.63) is 76.2 Å². The first kappa shape index (κ1) is 24.3. The lowest BCUT2D eigenvalue weighted by molar-refractivity contribution is -0.0249. The number of morpholine rings is 1. The highest BCUT2D eigenvalue weighted by Crippen LogP contribution is 2.22. The molecule has 3 aromatic rings. The first-order chi connectivity index (χ1) is 16.2. The van der Waals surface area contributed by atoms with Gasteiger partial charge in [0, 0.05) is 31.4 Å². The van der Waals surface area contributed by atoms with Gasteiger partial charge in [-0.15, -0.1) is 0 Å². The highest BCUT2D eigenvalue weighted by atomic mass is 32.2. The van der Waals surface area contributed by atoms with Gasteiger partial charge in [0.25, 0.3) is 5.56 Å². The van der Waals surface area contributed by atoms with Gasteiger partial charge in [-0.3, -0.25) is 9.48 Å². The molecule has 0 spiro atoms. The topological polar surface area (TPSA) is 82.8 Å². The second-order valence-electron chi connectivity index (χ2n) is 8.77. The summed E-state index contributed by atoms with van der Waals surface area (Å²) in [6, 6.07) is 15.8. The summed E-state index contributed by atoms with van der Waals surface area (Å²) in [5, 5.41) is 0. The fraction of sp³-hybridized carbons (Fsp3) is 0.400. The van der Waals surface area contributed by atoms with Crippen LogP contribution in [0.25, 0.3) is 5.69 Å². The zero-order valence-electron chi connectivity index (χ0n) is 20.0. The van der Waals surface area contributed by atoms with Crippen LogP contribution >= 0.6 is 0 Å². The first-order valence-electron chi connectivity index (χ1n) is 11.4. The average molecular weight is 486 g/mol. The van der Waals surface area contributed by atoms with Gasteiger partial charge in [0.1, 0.15) is 18.5 Å². The van der Waals surface area contributed by atoms with Crippen LogP contribution in [0.1, 0.15) is 31.0 Å². The maximum atomic E-state index is 13.3.